The Kier molecular flexibility index (Phi) is 6.39. The van der Waals surface area contributed by atoms with Gasteiger partial charge in [-0.15, -0.1) is 0 Å². The zero-order valence-electron chi connectivity index (χ0n) is 14.1. The van der Waals surface area contributed by atoms with Gasteiger partial charge in [-0.3, -0.25) is 0 Å². The molecule has 0 fully saturated rings. The van der Waals surface area contributed by atoms with E-state index < -0.39 is 0 Å². The van der Waals surface area contributed by atoms with Crippen LogP contribution in [0.4, 0.5) is 0 Å². The van der Waals surface area contributed by atoms with Crippen LogP contribution in [0.2, 0.25) is 0 Å². The van der Waals surface area contributed by atoms with Crippen LogP contribution in [0, 0.1) is 11.3 Å². The Hall–Kier alpha value is -0.900. The van der Waals surface area contributed by atoms with Gasteiger partial charge in [0.1, 0.15) is 0 Å². The molecule has 0 saturated heterocycles. The number of methoxy groups -OCH3 is 3. The summed E-state index contributed by atoms with van der Waals surface area (Å²) in [6, 6.07) is 3.96. The summed E-state index contributed by atoms with van der Waals surface area (Å²) in [6.45, 7) is 9.08. The summed E-state index contributed by atoms with van der Waals surface area (Å²) >= 11 is 3.80. The summed E-state index contributed by atoms with van der Waals surface area (Å²) in [5, 5.41) is 0. The van der Waals surface area contributed by atoms with Crippen molar-refractivity contribution in [3.05, 3.63) is 17.7 Å². The molecular formula is C17H27BrO3. The molecule has 0 aliphatic rings. The fourth-order valence-electron chi connectivity index (χ4n) is 2.16. The molecule has 1 aromatic rings. The van der Waals surface area contributed by atoms with E-state index in [0.717, 1.165) is 17.7 Å². The van der Waals surface area contributed by atoms with Crippen LogP contribution in [0.25, 0.3) is 0 Å². The zero-order valence-corrected chi connectivity index (χ0v) is 15.7. The molecule has 4 heteroatoms. The third-order valence-corrected chi connectivity index (χ3v) is 4.98. The standard InChI is InChI=1S/C17H27BrO3/c1-11(17(2,3)4)10-13(18)12-8-9-14(19-5)16(21-7)15(12)20-6/h8-9,11,13H,10H2,1-7H3. The largest absolute Gasteiger partial charge is 0.493 e. The molecule has 0 aliphatic heterocycles. The quantitative estimate of drug-likeness (QED) is 0.652. The number of rotatable bonds is 6. The van der Waals surface area contributed by atoms with Gasteiger partial charge in [-0.25, -0.2) is 0 Å². The van der Waals surface area contributed by atoms with Crippen LogP contribution in [0.15, 0.2) is 12.1 Å². The molecule has 0 aromatic heterocycles. The summed E-state index contributed by atoms with van der Waals surface area (Å²) in [6.07, 6.45) is 1.02. The Morgan fingerprint density at radius 1 is 1.00 bits per heavy atom. The van der Waals surface area contributed by atoms with Crippen molar-refractivity contribution in [3.8, 4) is 17.2 Å². The van der Waals surface area contributed by atoms with E-state index in [4.69, 9.17) is 14.2 Å². The van der Waals surface area contributed by atoms with E-state index in [2.05, 4.69) is 43.6 Å². The predicted molar refractivity (Wildman–Crippen MR) is 91.0 cm³/mol. The molecule has 0 amide bonds. The van der Waals surface area contributed by atoms with Crippen molar-refractivity contribution in [2.75, 3.05) is 21.3 Å². The van der Waals surface area contributed by atoms with Gasteiger partial charge in [0.05, 0.1) is 21.3 Å². The van der Waals surface area contributed by atoms with Crippen molar-refractivity contribution >= 4 is 15.9 Å². The molecule has 0 aliphatic carbocycles. The molecule has 120 valence electrons. The number of benzene rings is 1. The third-order valence-electron chi connectivity index (χ3n) is 4.11. The number of ether oxygens (including phenoxy) is 3. The minimum Gasteiger partial charge on any atom is -0.493 e. The third kappa shape index (κ3) is 4.29. The molecular weight excluding hydrogens is 332 g/mol. The SMILES string of the molecule is COc1ccc(C(Br)CC(C)C(C)(C)C)c(OC)c1OC. The molecule has 3 nitrogen and oxygen atoms in total. The summed E-state index contributed by atoms with van der Waals surface area (Å²) in [4.78, 5) is 0.210. The topological polar surface area (TPSA) is 27.7 Å². The van der Waals surface area contributed by atoms with Crippen molar-refractivity contribution in [1.82, 2.24) is 0 Å². The van der Waals surface area contributed by atoms with E-state index in [1.165, 1.54) is 0 Å². The van der Waals surface area contributed by atoms with Crippen LogP contribution < -0.4 is 14.2 Å². The molecule has 21 heavy (non-hydrogen) atoms. The average molecular weight is 359 g/mol. The minimum atomic E-state index is 0.210. The first kappa shape index (κ1) is 18.1. The number of hydrogen-bond acceptors (Lipinski definition) is 3. The maximum absolute atomic E-state index is 5.56. The van der Waals surface area contributed by atoms with E-state index in [9.17, 15) is 0 Å². The average Bonchev–Trinajstić information content (AvgIpc) is 2.43. The highest BCUT2D eigenvalue weighted by Gasteiger charge is 2.26. The van der Waals surface area contributed by atoms with Crippen LogP contribution in [-0.4, -0.2) is 21.3 Å². The molecule has 1 rings (SSSR count). The lowest BCUT2D eigenvalue weighted by molar-refractivity contribution is 0.245. The summed E-state index contributed by atoms with van der Waals surface area (Å²) in [7, 11) is 4.92. The van der Waals surface area contributed by atoms with Gasteiger partial charge in [0.25, 0.3) is 0 Å². The van der Waals surface area contributed by atoms with Crippen LogP contribution in [-0.2, 0) is 0 Å². The van der Waals surface area contributed by atoms with E-state index in [1.807, 2.05) is 12.1 Å². The normalized spacial score (nSPS) is 14.5. The van der Waals surface area contributed by atoms with Gasteiger partial charge >= 0.3 is 0 Å². The van der Waals surface area contributed by atoms with E-state index in [0.29, 0.717) is 17.4 Å². The Balaban J connectivity index is 3.12. The van der Waals surface area contributed by atoms with Gasteiger partial charge in [0, 0.05) is 10.4 Å². The van der Waals surface area contributed by atoms with Gasteiger partial charge in [-0.05, 0) is 23.8 Å². The molecule has 2 unspecified atom stereocenters. The predicted octanol–water partition coefficient (Wildman–Crippen LogP) is 5.22. The smallest absolute Gasteiger partial charge is 0.203 e. The summed E-state index contributed by atoms with van der Waals surface area (Å²) < 4.78 is 16.3. The van der Waals surface area contributed by atoms with E-state index >= 15 is 0 Å². The first-order chi connectivity index (χ1) is 9.76. The van der Waals surface area contributed by atoms with Crippen molar-refractivity contribution in [2.24, 2.45) is 11.3 Å². The molecule has 0 radical (unpaired) electrons. The maximum Gasteiger partial charge on any atom is 0.203 e. The molecule has 0 spiro atoms. The van der Waals surface area contributed by atoms with E-state index in [1.54, 1.807) is 21.3 Å². The van der Waals surface area contributed by atoms with E-state index in [-0.39, 0.29) is 10.2 Å². The Labute approximate surface area is 137 Å². The van der Waals surface area contributed by atoms with Crippen molar-refractivity contribution in [1.29, 1.82) is 0 Å². The molecule has 0 N–H and O–H groups in total. The van der Waals surface area contributed by atoms with Gasteiger partial charge in [0.15, 0.2) is 11.5 Å². The van der Waals surface area contributed by atoms with Crippen LogP contribution in [0.1, 0.15) is 44.5 Å². The first-order valence-electron chi connectivity index (χ1n) is 7.19. The highest BCUT2D eigenvalue weighted by Crippen LogP contribution is 2.47. The second-order valence-corrected chi connectivity index (χ2v) is 7.50. The molecule has 1 aromatic carbocycles. The Morgan fingerprint density at radius 2 is 1.57 bits per heavy atom. The Bertz CT molecular complexity index is 466. The van der Waals surface area contributed by atoms with Gasteiger partial charge < -0.3 is 14.2 Å². The lowest BCUT2D eigenvalue weighted by Gasteiger charge is -2.29. The second-order valence-electron chi connectivity index (χ2n) is 6.39. The summed E-state index contributed by atoms with van der Waals surface area (Å²) in [5.74, 6) is 2.63. The van der Waals surface area contributed by atoms with Gasteiger partial charge in [-0.2, -0.15) is 0 Å². The lowest BCUT2D eigenvalue weighted by atomic mass is 9.79. The van der Waals surface area contributed by atoms with Crippen molar-refractivity contribution in [2.45, 2.75) is 38.9 Å². The molecule has 0 heterocycles. The fraction of sp³-hybridized carbons (Fsp3) is 0.647. The number of hydrogen-bond donors (Lipinski definition) is 0. The molecule has 2 atom stereocenters. The highest BCUT2D eigenvalue weighted by atomic mass is 79.9. The number of alkyl halides is 1. The lowest BCUT2D eigenvalue weighted by Crippen LogP contribution is -2.18. The first-order valence-corrected chi connectivity index (χ1v) is 8.10. The second kappa shape index (κ2) is 7.39. The zero-order chi connectivity index (χ0) is 16.2. The van der Waals surface area contributed by atoms with Crippen molar-refractivity contribution < 1.29 is 14.2 Å². The monoisotopic (exact) mass is 358 g/mol. The van der Waals surface area contributed by atoms with Crippen LogP contribution >= 0.6 is 15.9 Å². The Morgan fingerprint density at radius 3 is 2.00 bits per heavy atom. The highest BCUT2D eigenvalue weighted by molar-refractivity contribution is 9.09. The maximum atomic E-state index is 5.56. The fourth-order valence-corrected chi connectivity index (χ4v) is 3.08. The molecule has 0 saturated carbocycles. The van der Waals surface area contributed by atoms with Crippen molar-refractivity contribution in [3.63, 3.8) is 0 Å². The minimum absolute atomic E-state index is 0.210. The number of halogens is 1. The summed E-state index contributed by atoms with van der Waals surface area (Å²) in [5.41, 5.74) is 1.36. The molecule has 0 bridgehead atoms. The van der Waals surface area contributed by atoms with Crippen LogP contribution in [0.5, 0.6) is 17.2 Å². The van der Waals surface area contributed by atoms with Gasteiger partial charge in [-0.1, -0.05) is 49.7 Å². The van der Waals surface area contributed by atoms with Crippen LogP contribution in [0.3, 0.4) is 0 Å². The van der Waals surface area contributed by atoms with Gasteiger partial charge in [0.2, 0.25) is 5.75 Å².